The zero-order chi connectivity index (χ0) is 10.9. The fourth-order valence-electron chi connectivity index (χ4n) is 2.47. The zero-order valence-electron chi connectivity index (χ0n) is 9.03. The average Bonchev–Trinajstić information content (AvgIpc) is 2.02. The molecule has 2 N–H and O–H groups in total. The average molecular weight is 263 g/mol. The van der Waals surface area contributed by atoms with Gasteiger partial charge in [-0.1, -0.05) is 15.9 Å². The lowest BCUT2D eigenvalue weighted by molar-refractivity contribution is -0.136. The maximum Gasteiger partial charge on any atom is 0.219 e. The maximum atomic E-state index is 11.5. The van der Waals surface area contributed by atoms with Crippen molar-refractivity contribution in [1.82, 2.24) is 4.90 Å². The normalized spacial score (nSPS) is 38.5. The molecule has 1 fully saturated rings. The highest BCUT2D eigenvalue weighted by atomic mass is 79.9. The lowest BCUT2D eigenvalue weighted by atomic mass is 9.86. The van der Waals surface area contributed by atoms with Gasteiger partial charge in [-0.05, 0) is 26.8 Å². The number of alkyl halides is 1. The van der Waals surface area contributed by atoms with Gasteiger partial charge in [0.1, 0.15) is 0 Å². The smallest absolute Gasteiger partial charge is 0.219 e. The number of amides is 1. The van der Waals surface area contributed by atoms with Crippen LogP contribution in [0.15, 0.2) is 0 Å². The van der Waals surface area contributed by atoms with E-state index < -0.39 is 0 Å². The fraction of sp³-hybridized carbons (Fsp3) is 0.900. The van der Waals surface area contributed by atoms with Gasteiger partial charge in [-0.15, -0.1) is 0 Å². The van der Waals surface area contributed by atoms with Crippen molar-refractivity contribution in [2.24, 2.45) is 11.7 Å². The van der Waals surface area contributed by atoms with Gasteiger partial charge in [0.15, 0.2) is 0 Å². The summed E-state index contributed by atoms with van der Waals surface area (Å²) >= 11 is 3.65. The molecule has 3 nitrogen and oxygen atoms in total. The highest BCUT2D eigenvalue weighted by molar-refractivity contribution is 9.09. The molecule has 4 atom stereocenters. The van der Waals surface area contributed by atoms with Crippen molar-refractivity contribution >= 4 is 21.8 Å². The summed E-state index contributed by atoms with van der Waals surface area (Å²) in [5, 5.41) is 0. The molecule has 0 spiro atoms. The maximum absolute atomic E-state index is 11.5. The molecule has 1 heterocycles. The van der Waals surface area contributed by atoms with Crippen molar-refractivity contribution in [2.75, 3.05) is 6.54 Å². The standard InChI is InChI=1S/C10H19BrN2O/c1-6-4-10(11)9(5-12)7(2)13(6)8(3)14/h6-7,9-10H,4-5,12H2,1-3H3. The Bertz CT molecular complexity index is 222. The molecule has 1 amide bonds. The van der Waals surface area contributed by atoms with Crippen LogP contribution in [-0.4, -0.2) is 34.3 Å². The second kappa shape index (κ2) is 4.62. The highest BCUT2D eigenvalue weighted by Gasteiger charge is 2.38. The molecule has 0 aliphatic carbocycles. The van der Waals surface area contributed by atoms with Crippen molar-refractivity contribution in [3.63, 3.8) is 0 Å². The second-order valence-electron chi connectivity index (χ2n) is 4.17. The molecule has 0 aromatic heterocycles. The summed E-state index contributed by atoms with van der Waals surface area (Å²) in [7, 11) is 0. The first kappa shape index (κ1) is 12.0. The third kappa shape index (κ3) is 2.11. The molecule has 4 unspecified atom stereocenters. The minimum absolute atomic E-state index is 0.155. The van der Waals surface area contributed by atoms with Crippen LogP contribution >= 0.6 is 15.9 Å². The number of nitrogens with zero attached hydrogens (tertiary/aromatic N) is 1. The highest BCUT2D eigenvalue weighted by Crippen LogP contribution is 2.32. The lowest BCUT2D eigenvalue weighted by Crippen LogP contribution is -2.56. The fourth-order valence-corrected chi connectivity index (χ4v) is 3.66. The molecule has 1 rings (SSSR count). The topological polar surface area (TPSA) is 46.3 Å². The number of hydrogen-bond acceptors (Lipinski definition) is 2. The van der Waals surface area contributed by atoms with Crippen molar-refractivity contribution < 1.29 is 4.79 Å². The predicted octanol–water partition coefficient (Wildman–Crippen LogP) is 1.35. The van der Waals surface area contributed by atoms with E-state index in [1.165, 1.54) is 0 Å². The van der Waals surface area contributed by atoms with E-state index in [2.05, 4.69) is 29.8 Å². The number of carbonyl (C=O) groups is 1. The van der Waals surface area contributed by atoms with Crippen molar-refractivity contribution in [2.45, 2.75) is 44.1 Å². The molecular formula is C10H19BrN2O. The molecule has 0 bridgehead atoms. The van der Waals surface area contributed by atoms with E-state index in [0.29, 0.717) is 23.3 Å². The Morgan fingerprint density at radius 3 is 2.57 bits per heavy atom. The van der Waals surface area contributed by atoms with Gasteiger partial charge in [-0.2, -0.15) is 0 Å². The van der Waals surface area contributed by atoms with Gasteiger partial charge in [-0.3, -0.25) is 4.79 Å². The Morgan fingerprint density at radius 1 is 1.57 bits per heavy atom. The molecule has 1 aliphatic rings. The molecule has 14 heavy (non-hydrogen) atoms. The number of nitrogens with two attached hydrogens (primary N) is 1. The Morgan fingerprint density at radius 2 is 2.14 bits per heavy atom. The van der Waals surface area contributed by atoms with Gasteiger partial charge in [-0.25, -0.2) is 0 Å². The Balaban J connectivity index is 2.82. The minimum Gasteiger partial charge on any atom is -0.337 e. The van der Waals surface area contributed by atoms with E-state index in [4.69, 9.17) is 5.73 Å². The summed E-state index contributed by atoms with van der Waals surface area (Å²) in [6.45, 7) is 6.45. The van der Waals surface area contributed by atoms with Gasteiger partial charge >= 0.3 is 0 Å². The second-order valence-corrected chi connectivity index (χ2v) is 5.34. The summed E-state index contributed by atoms with van der Waals surface area (Å²) in [5.74, 6) is 0.526. The molecule has 1 saturated heterocycles. The van der Waals surface area contributed by atoms with Crippen LogP contribution in [-0.2, 0) is 4.79 Å². The van der Waals surface area contributed by atoms with Crippen LogP contribution in [0, 0.1) is 5.92 Å². The van der Waals surface area contributed by atoms with E-state index in [0.717, 1.165) is 6.42 Å². The van der Waals surface area contributed by atoms with E-state index >= 15 is 0 Å². The first-order valence-corrected chi connectivity index (χ1v) is 6.03. The van der Waals surface area contributed by atoms with E-state index in [9.17, 15) is 4.79 Å². The molecule has 82 valence electrons. The SMILES string of the molecule is CC(=O)N1C(C)CC(Br)C(CN)C1C. The number of hydrogen-bond donors (Lipinski definition) is 1. The van der Waals surface area contributed by atoms with Gasteiger partial charge in [0.25, 0.3) is 0 Å². The number of halogens is 1. The molecule has 0 saturated carbocycles. The zero-order valence-corrected chi connectivity index (χ0v) is 10.6. The van der Waals surface area contributed by atoms with Crippen LogP contribution in [0.4, 0.5) is 0 Å². The number of rotatable bonds is 1. The number of piperidine rings is 1. The molecule has 0 aromatic rings. The molecule has 0 aromatic carbocycles. The van der Waals surface area contributed by atoms with E-state index in [-0.39, 0.29) is 11.9 Å². The molecule has 4 heteroatoms. The van der Waals surface area contributed by atoms with Crippen LogP contribution in [0.5, 0.6) is 0 Å². The van der Waals surface area contributed by atoms with E-state index in [1.807, 2.05) is 4.90 Å². The van der Waals surface area contributed by atoms with E-state index in [1.54, 1.807) is 6.92 Å². The van der Waals surface area contributed by atoms with Crippen LogP contribution in [0.25, 0.3) is 0 Å². The quantitative estimate of drug-likeness (QED) is 0.726. The molecular weight excluding hydrogens is 244 g/mol. The van der Waals surface area contributed by atoms with Crippen LogP contribution in [0.3, 0.4) is 0 Å². The Hall–Kier alpha value is -0.0900. The minimum atomic E-state index is 0.155. The van der Waals surface area contributed by atoms with Crippen LogP contribution < -0.4 is 5.73 Å². The third-order valence-electron chi connectivity index (χ3n) is 3.20. The van der Waals surface area contributed by atoms with Gasteiger partial charge in [0, 0.05) is 29.8 Å². The lowest BCUT2D eigenvalue weighted by Gasteiger charge is -2.45. The summed E-state index contributed by atoms with van der Waals surface area (Å²) in [6.07, 6.45) is 0.992. The van der Waals surface area contributed by atoms with Gasteiger partial charge in [0.05, 0.1) is 0 Å². The Kier molecular flexibility index (Phi) is 3.95. The van der Waals surface area contributed by atoms with Crippen molar-refractivity contribution in [3.8, 4) is 0 Å². The summed E-state index contributed by atoms with van der Waals surface area (Å²) in [4.78, 5) is 13.8. The first-order chi connectivity index (χ1) is 6.49. The predicted molar refractivity (Wildman–Crippen MR) is 61.3 cm³/mol. The third-order valence-corrected chi connectivity index (χ3v) is 4.25. The molecule has 0 radical (unpaired) electrons. The number of likely N-dealkylation sites (tertiary alicyclic amines) is 1. The summed E-state index contributed by atoms with van der Waals surface area (Å²) in [5.41, 5.74) is 5.72. The van der Waals surface area contributed by atoms with Crippen molar-refractivity contribution in [3.05, 3.63) is 0 Å². The van der Waals surface area contributed by atoms with Crippen molar-refractivity contribution in [1.29, 1.82) is 0 Å². The van der Waals surface area contributed by atoms with Gasteiger partial charge in [0.2, 0.25) is 5.91 Å². The first-order valence-electron chi connectivity index (χ1n) is 5.12. The summed E-state index contributed by atoms with van der Waals surface area (Å²) < 4.78 is 0. The van der Waals surface area contributed by atoms with Gasteiger partial charge < -0.3 is 10.6 Å². The van der Waals surface area contributed by atoms with Crippen LogP contribution in [0.1, 0.15) is 27.2 Å². The Labute approximate surface area is 94.1 Å². The largest absolute Gasteiger partial charge is 0.337 e. The number of carbonyl (C=O) groups excluding carboxylic acids is 1. The van der Waals surface area contributed by atoms with Crippen LogP contribution in [0.2, 0.25) is 0 Å². The molecule has 1 aliphatic heterocycles. The summed E-state index contributed by atoms with van der Waals surface area (Å²) in [6, 6.07) is 0.556. The monoisotopic (exact) mass is 262 g/mol.